The summed E-state index contributed by atoms with van der Waals surface area (Å²) in [6.45, 7) is 1.97. The van der Waals surface area contributed by atoms with Crippen molar-refractivity contribution < 1.29 is 0 Å². The van der Waals surface area contributed by atoms with E-state index in [2.05, 4.69) is 40.0 Å². The van der Waals surface area contributed by atoms with Gasteiger partial charge < -0.3 is 15.3 Å². The fourth-order valence-electron chi connectivity index (χ4n) is 2.85. The summed E-state index contributed by atoms with van der Waals surface area (Å²) in [4.78, 5) is 3.22. The molecule has 1 aliphatic carbocycles. The smallest absolute Gasteiger partial charge is 0.177 e. The first kappa shape index (κ1) is 12.6. The second kappa shape index (κ2) is 4.94. The number of H-pyrrole nitrogens is 1. The first-order valence-electron chi connectivity index (χ1n) is 6.78. The molecule has 1 aliphatic rings. The highest BCUT2D eigenvalue weighted by atomic mass is 32.1. The molecule has 4 heteroatoms. The lowest BCUT2D eigenvalue weighted by atomic mass is 9.88. The average Bonchev–Trinajstić information content (AvgIpc) is 2.80. The Morgan fingerprint density at radius 3 is 2.79 bits per heavy atom. The maximum atomic E-state index is 5.91. The van der Waals surface area contributed by atoms with Crippen LogP contribution >= 0.6 is 12.2 Å². The van der Waals surface area contributed by atoms with Crippen molar-refractivity contribution >= 4 is 12.2 Å². The van der Waals surface area contributed by atoms with Crippen LogP contribution in [-0.4, -0.2) is 9.55 Å². The van der Waals surface area contributed by atoms with Crippen LogP contribution in [0, 0.1) is 4.77 Å². The van der Waals surface area contributed by atoms with Crippen molar-refractivity contribution in [2.24, 2.45) is 5.73 Å². The van der Waals surface area contributed by atoms with Gasteiger partial charge in [-0.2, -0.15) is 0 Å². The summed E-state index contributed by atoms with van der Waals surface area (Å²) in [5.74, 6) is 0. The molecule has 19 heavy (non-hydrogen) atoms. The number of aryl methyl sites for hydroxylation is 1. The molecule has 100 valence electrons. The van der Waals surface area contributed by atoms with Gasteiger partial charge in [-0.15, -0.1) is 0 Å². The SMILES string of the molecule is CC(N)c1cn(C2CCc3ccccc3C2)c(=S)[nH]1. The van der Waals surface area contributed by atoms with E-state index in [9.17, 15) is 0 Å². The van der Waals surface area contributed by atoms with E-state index in [1.165, 1.54) is 11.1 Å². The molecular formula is C15H19N3S. The number of benzene rings is 1. The summed E-state index contributed by atoms with van der Waals surface area (Å²) >= 11 is 5.42. The van der Waals surface area contributed by atoms with Crippen molar-refractivity contribution in [1.29, 1.82) is 0 Å². The zero-order chi connectivity index (χ0) is 13.4. The maximum absolute atomic E-state index is 5.91. The Morgan fingerprint density at radius 2 is 2.11 bits per heavy atom. The van der Waals surface area contributed by atoms with Gasteiger partial charge in [0.15, 0.2) is 4.77 Å². The van der Waals surface area contributed by atoms with E-state index in [0.29, 0.717) is 6.04 Å². The van der Waals surface area contributed by atoms with Crippen LogP contribution in [0.25, 0.3) is 0 Å². The predicted octanol–water partition coefficient (Wildman–Crippen LogP) is 3.30. The molecule has 1 heterocycles. The second-order valence-corrected chi connectivity index (χ2v) is 5.76. The minimum absolute atomic E-state index is 0.00109. The monoisotopic (exact) mass is 273 g/mol. The van der Waals surface area contributed by atoms with Gasteiger partial charge in [0.05, 0.1) is 5.69 Å². The molecule has 0 saturated heterocycles. The van der Waals surface area contributed by atoms with Gasteiger partial charge >= 0.3 is 0 Å². The normalized spacial score (nSPS) is 20.0. The van der Waals surface area contributed by atoms with Gasteiger partial charge in [-0.3, -0.25) is 0 Å². The second-order valence-electron chi connectivity index (χ2n) is 5.38. The minimum Gasteiger partial charge on any atom is -0.333 e. The Balaban J connectivity index is 1.91. The molecule has 1 aromatic heterocycles. The molecule has 2 atom stereocenters. The number of rotatable bonds is 2. The molecule has 3 N–H and O–H groups in total. The van der Waals surface area contributed by atoms with Gasteiger partial charge in [-0.1, -0.05) is 24.3 Å². The molecule has 0 radical (unpaired) electrons. The first-order valence-corrected chi connectivity index (χ1v) is 7.19. The van der Waals surface area contributed by atoms with Gasteiger partial charge in [-0.05, 0) is 49.5 Å². The Labute approximate surface area is 118 Å². The van der Waals surface area contributed by atoms with Gasteiger partial charge in [0.1, 0.15) is 0 Å². The molecule has 0 fully saturated rings. The van der Waals surface area contributed by atoms with Gasteiger partial charge in [0.2, 0.25) is 0 Å². The van der Waals surface area contributed by atoms with Gasteiger partial charge in [0, 0.05) is 18.3 Å². The molecule has 0 bridgehead atoms. The van der Waals surface area contributed by atoms with Crippen LogP contribution in [0.15, 0.2) is 30.5 Å². The molecule has 1 aromatic carbocycles. The Kier molecular flexibility index (Phi) is 3.29. The van der Waals surface area contributed by atoms with E-state index in [1.807, 2.05) is 6.92 Å². The van der Waals surface area contributed by atoms with Crippen LogP contribution in [-0.2, 0) is 12.8 Å². The summed E-state index contributed by atoms with van der Waals surface area (Å²) in [5, 5.41) is 0. The maximum Gasteiger partial charge on any atom is 0.177 e. The van der Waals surface area contributed by atoms with E-state index in [1.54, 1.807) is 0 Å². The third kappa shape index (κ3) is 2.38. The van der Waals surface area contributed by atoms with Crippen molar-refractivity contribution in [1.82, 2.24) is 9.55 Å². The van der Waals surface area contributed by atoms with Crippen molar-refractivity contribution in [3.63, 3.8) is 0 Å². The fraction of sp³-hybridized carbons (Fsp3) is 0.400. The van der Waals surface area contributed by atoms with Crippen molar-refractivity contribution in [3.8, 4) is 0 Å². The number of nitrogens with two attached hydrogens (primary N) is 1. The summed E-state index contributed by atoms with van der Waals surface area (Å²) in [6, 6.07) is 9.14. The predicted molar refractivity (Wildman–Crippen MR) is 79.7 cm³/mol. The Bertz CT molecular complexity index is 639. The van der Waals surface area contributed by atoms with E-state index >= 15 is 0 Å². The molecule has 0 spiro atoms. The molecule has 0 saturated carbocycles. The largest absolute Gasteiger partial charge is 0.333 e. The number of nitrogens with one attached hydrogen (secondary N) is 1. The Morgan fingerprint density at radius 1 is 1.37 bits per heavy atom. The third-order valence-corrected chi connectivity index (χ3v) is 4.28. The first-order chi connectivity index (χ1) is 9.15. The number of hydrogen-bond acceptors (Lipinski definition) is 2. The molecule has 0 aliphatic heterocycles. The van der Waals surface area contributed by atoms with Gasteiger partial charge in [-0.25, -0.2) is 0 Å². The molecule has 0 amide bonds. The highest BCUT2D eigenvalue weighted by molar-refractivity contribution is 7.71. The van der Waals surface area contributed by atoms with Crippen LogP contribution in [0.5, 0.6) is 0 Å². The van der Waals surface area contributed by atoms with Gasteiger partial charge in [0.25, 0.3) is 0 Å². The molecular weight excluding hydrogens is 254 g/mol. The highest BCUT2D eigenvalue weighted by Crippen LogP contribution is 2.29. The Hall–Kier alpha value is -1.39. The summed E-state index contributed by atoms with van der Waals surface area (Å²) in [6.07, 6.45) is 5.41. The van der Waals surface area contributed by atoms with E-state index in [0.717, 1.165) is 29.7 Å². The van der Waals surface area contributed by atoms with Crippen molar-refractivity contribution in [2.75, 3.05) is 0 Å². The number of hydrogen-bond donors (Lipinski definition) is 2. The quantitative estimate of drug-likeness (QED) is 0.825. The lowest BCUT2D eigenvalue weighted by molar-refractivity contribution is 0.438. The lowest BCUT2D eigenvalue weighted by Gasteiger charge is -2.25. The summed E-state index contributed by atoms with van der Waals surface area (Å²) in [5.41, 5.74) is 9.86. The molecule has 2 aromatic rings. The molecule has 2 unspecified atom stereocenters. The lowest BCUT2D eigenvalue weighted by Crippen LogP contribution is -2.18. The average molecular weight is 273 g/mol. The number of imidazole rings is 1. The van der Waals surface area contributed by atoms with E-state index in [-0.39, 0.29) is 6.04 Å². The van der Waals surface area contributed by atoms with Crippen LogP contribution in [0.4, 0.5) is 0 Å². The molecule has 3 nitrogen and oxygen atoms in total. The van der Waals surface area contributed by atoms with Crippen LogP contribution in [0.1, 0.15) is 42.2 Å². The topological polar surface area (TPSA) is 46.7 Å². The van der Waals surface area contributed by atoms with Crippen molar-refractivity contribution in [2.45, 2.75) is 38.3 Å². The minimum atomic E-state index is -0.00109. The highest BCUT2D eigenvalue weighted by Gasteiger charge is 2.20. The van der Waals surface area contributed by atoms with Crippen LogP contribution < -0.4 is 5.73 Å². The fourth-order valence-corrected chi connectivity index (χ4v) is 3.17. The number of aromatic amines is 1. The van der Waals surface area contributed by atoms with Crippen molar-refractivity contribution in [3.05, 3.63) is 52.1 Å². The van der Waals surface area contributed by atoms with E-state index in [4.69, 9.17) is 18.0 Å². The standard InChI is InChI=1S/C15H19N3S/c1-10(16)14-9-18(15(19)17-14)13-7-6-11-4-2-3-5-12(11)8-13/h2-5,9-10,13H,6-8,16H2,1H3,(H,17,19). The van der Waals surface area contributed by atoms with Crippen LogP contribution in [0.2, 0.25) is 0 Å². The summed E-state index contributed by atoms with van der Waals surface area (Å²) < 4.78 is 2.97. The number of fused-ring (bicyclic) bond motifs is 1. The number of aromatic nitrogens is 2. The number of nitrogens with zero attached hydrogens (tertiary/aromatic N) is 1. The zero-order valence-corrected chi connectivity index (χ0v) is 11.9. The molecule has 3 rings (SSSR count). The van der Waals surface area contributed by atoms with Crippen LogP contribution in [0.3, 0.4) is 0 Å². The zero-order valence-electron chi connectivity index (χ0n) is 11.1. The third-order valence-electron chi connectivity index (χ3n) is 3.97. The van der Waals surface area contributed by atoms with E-state index < -0.39 is 0 Å². The summed E-state index contributed by atoms with van der Waals surface area (Å²) in [7, 11) is 0.